The van der Waals surface area contributed by atoms with Gasteiger partial charge in [-0.15, -0.1) is 0 Å². The SMILES string of the molecule is C=C/C=C(/F)C(=C)OC(=O)c1cc/c(=C/C)c(=C)c1. The fraction of sp³-hybridized carbons (Fsp3) is 0.0625. The minimum absolute atomic E-state index is 0.295. The molecule has 19 heavy (non-hydrogen) atoms. The summed E-state index contributed by atoms with van der Waals surface area (Å²) in [6.45, 7) is 12.4. The molecule has 0 N–H and O–H groups in total. The van der Waals surface area contributed by atoms with Gasteiger partial charge in [-0.3, -0.25) is 0 Å². The third-order valence-electron chi connectivity index (χ3n) is 2.44. The van der Waals surface area contributed by atoms with Crippen molar-refractivity contribution in [2.24, 2.45) is 0 Å². The second kappa shape index (κ2) is 6.50. The number of allylic oxidation sites excluding steroid dienone is 3. The van der Waals surface area contributed by atoms with Crippen LogP contribution < -0.4 is 10.4 Å². The van der Waals surface area contributed by atoms with Crippen LogP contribution in [0, 0.1) is 0 Å². The Bertz CT molecular complexity index is 654. The zero-order chi connectivity index (χ0) is 14.4. The van der Waals surface area contributed by atoms with Gasteiger partial charge in [0, 0.05) is 0 Å². The Balaban J connectivity index is 2.94. The van der Waals surface area contributed by atoms with Crippen LogP contribution in [0.1, 0.15) is 17.3 Å². The van der Waals surface area contributed by atoms with E-state index in [1.807, 2.05) is 13.0 Å². The number of benzene rings is 1. The smallest absolute Gasteiger partial charge is 0.343 e. The molecule has 0 atom stereocenters. The Morgan fingerprint density at radius 3 is 2.63 bits per heavy atom. The highest BCUT2D eigenvalue weighted by molar-refractivity contribution is 5.90. The topological polar surface area (TPSA) is 26.3 Å². The number of halogens is 1. The first-order chi connectivity index (χ1) is 8.99. The molecule has 1 aromatic carbocycles. The molecule has 0 aliphatic carbocycles. The summed E-state index contributed by atoms with van der Waals surface area (Å²) < 4.78 is 18.1. The molecule has 98 valence electrons. The van der Waals surface area contributed by atoms with Crippen molar-refractivity contribution in [1.29, 1.82) is 0 Å². The number of carbonyl (C=O) groups is 1. The van der Waals surface area contributed by atoms with Gasteiger partial charge in [0.05, 0.1) is 5.56 Å². The molecular weight excluding hydrogens is 243 g/mol. The monoisotopic (exact) mass is 258 g/mol. The van der Waals surface area contributed by atoms with E-state index in [9.17, 15) is 9.18 Å². The molecule has 1 rings (SSSR count). The van der Waals surface area contributed by atoms with Crippen molar-refractivity contribution in [3.05, 3.63) is 71.1 Å². The first kappa shape index (κ1) is 14.6. The summed E-state index contributed by atoms with van der Waals surface area (Å²) in [6, 6.07) is 4.92. The van der Waals surface area contributed by atoms with Crippen molar-refractivity contribution < 1.29 is 13.9 Å². The van der Waals surface area contributed by atoms with Crippen molar-refractivity contribution in [2.75, 3.05) is 0 Å². The lowest BCUT2D eigenvalue weighted by Crippen LogP contribution is -2.24. The number of esters is 1. The lowest BCUT2D eigenvalue weighted by molar-refractivity contribution is 0.0624. The standard InChI is InChI=1S/C16H15FO2/c1-5-7-15(17)12(4)19-16(18)14-9-8-13(6-2)11(3)10-14/h5-10H,1,3-4H2,2H3/b13-6-,15-7+. The molecule has 3 heteroatoms. The van der Waals surface area contributed by atoms with E-state index < -0.39 is 11.8 Å². The zero-order valence-electron chi connectivity index (χ0n) is 10.8. The van der Waals surface area contributed by atoms with Crippen LogP contribution in [0.15, 0.2) is 55.1 Å². The van der Waals surface area contributed by atoms with Crippen molar-refractivity contribution >= 4 is 18.6 Å². The van der Waals surface area contributed by atoms with Crippen LogP contribution in [-0.4, -0.2) is 5.97 Å². The van der Waals surface area contributed by atoms with E-state index in [0.29, 0.717) is 10.8 Å². The third-order valence-corrected chi connectivity index (χ3v) is 2.44. The number of ether oxygens (including phenoxy) is 1. The van der Waals surface area contributed by atoms with Crippen molar-refractivity contribution in [3.63, 3.8) is 0 Å². The van der Waals surface area contributed by atoms with Gasteiger partial charge in [0.15, 0.2) is 11.6 Å². The fourth-order valence-electron chi connectivity index (χ4n) is 1.43. The average Bonchev–Trinajstić information content (AvgIpc) is 2.38. The van der Waals surface area contributed by atoms with Crippen LogP contribution in [0.3, 0.4) is 0 Å². The molecular formula is C16H15FO2. The molecule has 2 nitrogen and oxygen atoms in total. The van der Waals surface area contributed by atoms with Crippen molar-refractivity contribution in [3.8, 4) is 0 Å². The predicted octanol–water partition coefficient (Wildman–Crippen LogP) is 2.61. The van der Waals surface area contributed by atoms with Gasteiger partial charge < -0.3 is 4.74 Å². The molecule has 0 aromatic heterocycles. The fourth-order valence-corrected chi connectivity index (χ4v) is 1.43. The molecule has 1 aromatic rings. The maximum Gasteiger partial charge on any atom is 0.343 e. The van der Waals surface area contributed by atoms with E-state index in [1.165, 1.54) is 6.08 Å². The highest BCUT2D eigenvalue weighted by Gasteiger charge is 2.11. The Labute approximate surface area is 111 Å². The Morgan fingerprint density at radius 2 is 2.11 bits per heavy atom. The van der Waals surface area contributed by atoms with Crippen molar-refractivity contribution in [2.45, 2.75) is 6.92 Å². The molecule has 0 unspecified atom stereocenters. The molecule has 0 fully saturated rings. The Morgan fingerprint density at radius 1 is 1.42 bits per heavy atom. The lowest BCUT2D eigenvalue weighted by Gasteiger charge is -2.05. The zero-order valence-corrected chi connectivity index (χ0v) is 10.8. The molecule has 0 spiro atoms. The number of hydrogen-bond acceptors (Lipinski definition) is 2. The van der Waals surface area contributed by atoms with Crippen LogP contribution in [-0.2, 0) is 4.74 Å². The van der Waals surface area contributed by atoms with E-state index in [4.69, 9.17) is 4.74 Å². The number of carbonyl (C=O) groups excluding carboxylic acids is 1. The lowest BCUT2D eigenvalue weighted by atomic mass is 10.1. The first-order valence-corrected chi connectivity index (χ1v) is 5.64. The maximum absolute atomic E-state index is 13.3. The van der Waals surface area contributed by atoms with E-state index in [-0.39, 0.29) is 5.76 Å². The van der Waals surface area contributed by atoms with Gasteiger partial charge >= 0.3 is 5.97 Å². The molecule has 0 saturated heterocycles. The summed E-state index contributed by atoms with van der Waals surface area (Å²) in [7, 11) is 0. The van der Waals surface area contributed by atoms with E-state index >= 15 is 0 Å². The largest absolute Gasteiger partial charge is 0.420 e. The summed E-state index contributed by atoms with van der Waals surface area (Å²) in [6.07, 6.45) is 4.19. The molecule has 0 heterocycles. The average molecular weight is 258 g/mol. The van der Waals surface area contributed by atoms with Crippen LogP contribution in [0.4, 0.5) is 4.39 Å². The summed E-state index contributed by atoms with van der Waals surface area (Å²) in [4.78, 5) is 11.8. The van der Waals surface area contributed by atoms with Crippen LogP contribution >= 0.6 is 0 Å². The third kappa shape index (κ3) is 3.78. The highest BCUT2D eigenvalue weighted by atomic mass is 19.1. The van der Waals surface area contributed by atoms with Crippen LogP contribution in [0.5, 0.6) is 0 Å². The molecule has 0 aliphatic rings. The van der Waals surface area contributed by atoms with Crippen LogP contribution in [0.2, 0.25) is 0 Å². The van der Waals surface area contributed by atoms with Gasteiger partial charge in [-0.05, 0) is 35.6 Å². The Kier molecular flexibility index (Phi) is 5.01. The molecule has 0 radical (unpaired) electrons. The molecule has 0 aliphatic heterocycles. The maximum atomic E-state index is 13.3. The number of rotatable bonds is 4. The first-order valence-electron chi connectivity index (χ1n) is 5.64. The second-order valence-corrected chi connectivity index (χ2v) is 3.77. The summed E-state index contributed by atoms with van der Waals surface area (Å²) in [5.41, 5.74) is 0.295. The summed E-state index contributed by atoms with van der Waals surface area (Å²) >= 11 is 0. The van der Waals surface area contributed by atoms with Gasteiger partial charge in [-0.2, -0.15) is 0 Å². The van der Waals surface area contributed by atoms with Gasteiger partial charge in [-0.25, -0.2) is 9.18 Å². The quantitative estimate of drug-likeness (QED) is 0.471. The van der Waals surface area contributed by atoms with Gasteiger partial charge in [0.2, 0.25) is 0 Å². The van der Waals surface area contributed by atoms with Crippen LogP contribution in [0.25, 0.3) is 12.7 Å². The van der Waals surface area contributed by atoms with E-state index in [1.54, 1.807) is 18.2 Å². The van der Waals surface area contributed by atoms with Crippen molar-refractivity contribution in [1.82, 2.24) is 0 Å². The van der Waals surface area contributed by atoms with Gasteiger partial charge in [0.1, 0.15) is 0 Å². The summed E-state index contributed by atoms with van der Waals surface area (Å²) in [5.74, 6) is -1.76. The van der Waals surface area contributed by atoms with Gasteiger partial charge in [-0.1, -0.05) is 38.0 Å². The molecule has 0 amide bonds. The van der Waals surface area contributed by atoms with Gasteiger partial charge in [0.25, 0.3) is 0 Å². The Hall–Kier alpha value is -2.42. The number of hydrogen-bond donors (Lipinski definition) is 0. The second-order valence-electron chi connectivity index (χ2n) is 3.77. The minimum atomic E-state index is -0.739. The van der Waals surface area contributed by atoms with E-state index in [0.717, 1.165) is 11.3 Å². The minimum Gasteiger partial charge on any atom is -0.420 e. The summed E-state index contributed by atoms with van der Waals surface area (Å²) in [5, 5.41) is 1.62. The normalized spacial score (nSPS) is 12.1. The highest BCUT2D eigenvalue weighted by Crippen LogP contribution is 2.13. The molecule has 0 saturated carbocycles. The van der Waals surface area contributed by atoms with E-state index in [2.05, 4.69) is 19.7 Å². The molecule has 0 bridgehead atoms. The predicted molar refractivity (Wildman–Crippen MR) is 75.3 cm³/mol.